The molecular formula is C16H10F2N2OS. The summed E-state index contributed by atoms with van der Waals surface area (Å²) in [4.78, 5) is 16.8. The maximum absolute atomic E-state index is 13.6. The van der Waals surface area contributed by atoms with Crippen LogP contribution in [0, 0.1) is 11.6 Å². The molecule has 0 aliphatic carbocycles. The minimum Gasteiger partial charge on any atom is -0.319 e. The van der Waals surface area contributed by atoms with Gasteiger partial charge in [0, 0.05) is 11.6 Å². The molecule has 1 heterocycles. The Labute approximate surface area is 129 Å². The maximum Gasteiger partial charge on any atom is 0.268 e. The summed E-state index contributed by atoms with van der Waals surface area (Å²) < 4.78 is 26.8. The molecule has 110 valence electrons. The van der Waals surface area contributed by atoms with Gasteiger partial charge in [0.2, 0.25) is 0 Å². The number of benzene rings is 2. The second-order valence-electron chi connectivity index (χ2n) is 4.47. The van der Waals surface area contributed by atoms with Gasteiger partial charge >= 0.3 is 0 Å². The van der Waals surface area contributed by atoms with Crippen LogP contribution in [0.2, 0.25) is 0 Å². The number of aromatic nitrogens is 1. The summed E-state index contributed by atoms with van der Waals surface area (Å²) in [6, 6.07) is 12.1. The smallest absolute Gasteiger partial charge is 0.268 e. The van der Waals surface area contributed by atoms with Gasteiger partial charge in [-0.1, -0.05) is 30.3 Å². The monoisotopic (exact) mass is 316 g/mol. The lowest BCUT2D eigenvalue weighted by Gasteiger charge is -2.06. The van der Waals surface area contributed by atoms with Gasteiger partial charge in [-0.3, -0.25) is 4.79 Å². The van der Waals surface area contributed by atoms with Crippen molar-refractivity contribution in [3.8, 4) is 11.3 Å². The molecule has 0 saturated heterocycles. The van der Waals surface area contributed by atoms with E-state index >= 15 is 0 Å². The number of nitrogens with one attached hydrogen (secondary N) is 1. The number of anilines is 1. The number of carbonyl (C=O) groups is 1. The van der Waals surface area contributed by atoms with Crippen molar-refractivity contribution in [1.82, 2.24) is 4.98 Å². The number of carbonyl (C=O) groups excluding carboxylic acids is 1. The van der Waals surface area contributed by atoms with Crippen molar-refractivity contribution in [3.63, 3.8) is 0 Å². The topological polar surface area (TPSA) is 42.0 Å². The van der Waals surface area contributed by atoms with Crippen LogP contribution in [0.1, 0.15) is 9.67 Å². The standard InChI is InChI=1S/C16H10F2N2OS/c17-11-6-7-12(18)13(8-11)20-16(21)15-14(19-9-22-15)10-4-2-1-3-5-10/h1-9H,(H,20,21). The third-order valence-corrected chi connectivity index (χ3v) is 3.82. The molecule has 3 aromatic rings. The number of rotatable bonds is 3. The van der Waals surface area contributed by atoms with Crippen LogP contribution < -0.4 is 5.32 Å². The Bertz CT molecular complexity index is 818. The van der Waals surface area contributed by atoms with Crippen molar-refractivity contribution in [1.29, 1.82) is 0 Å². The zero-order valence-corrected chi connectivity index (χ0v) is 12.0. The fourth-order valence-corrected chi connectivity index (χ4v) is 2.69. The van der Waals surface area contributed by atoms with E-state index in [1.165, 1.54) is 0 Å². The van der Waals surface area contributed by atoms with Crippen LogP contribution in [-0.4, -0.2) is 10.9 Å². The van der Waals surface area contributed by atoms with Crippen LogP contribution >= 0.6 is 11.3 Å². The van der Waals surface area contributed by atoms with Gasteiger partial charge in [0.1, 0.15) is 16.5 Å². The molecule has 0 fully saturated rings. The molecular weight excluding hydrogens is 306 g/mol. The number of halogens is 2. The second kappa shape index (κ2) is 6.03. The summed E-state index contributed by atoms with van der Waals surface area (Å²) in [7, 11) is 0. The summed E-state index contributed by atoms with van der Waals surface area (Å²) in [5.41, 5.74) is 2.64. The van der Waals surface area contributed by atoms with Gasteiger partial charge in [-0.2, -0.15) is 0 Å². The fourth-order valence-electron chi connectivity index (χ4n) is 1.98. The summed E-state index contributed by atoms with van der Waals surface area (Å²) in [5.74, 6) is -1.84. The fraction of sp³-hybridized carbons (Fsp3) is 0. The Morgan fingerprint density at radius 3 is 2.64 bits per heavy atom. The Morgan fingerprint density at radius 1 is 1.09 bits per heavy atom. The minimum absolute atomic E-state index is 0.197. The van der Waals surface area contributed by atoms with Crippen molar-refractivity contribution < 1.29 is 13.6 Å². The highest BCUT2D eigenvalue weighted by atomic mass is 32.1. The van der Waals surface area contributed by atoms with E-state index in [4.69, 9.17) is 0 Å². The van der Waals surface area contributed by atoms with Crippen LogP contribution in [0.4, 0.5) is 14.5 Å². The first kappa shape index (κ1) is 14.3. The first-order chi connectivity index (χ1) is 10.6. The molecule has 22 heavy (non-hydrogen) atoms. The molecule has 1 amide bonds. The second-order valence-corrected chi connectivity index (χ2v) is 5.33. The molecule has 1 N–H and O–H groups in total. The average molecular weight is 316 g/mol. The van der Waals surface area contributed by atoms with E-state index in [1.807, 2.05) is 30.3 Å². The molecule has 3 nitrogen and oxygen atoms in total. The van der Waals surface area contributed by atoms with Crippen molar-refractivity contribution in [3.05, 3.63) is 70.6 Å². The highest BCUT2D eigenvalue weighted by Crippen LogP contribution is 2.26. The molecule has 0 unspecified atom stereocenters. The van der Waals surface area contributed by atoms with Crippen LogP contribution in [0.25, 0.3) is 11.3 Å². The lowest BCUT2D eigenvalue weighted by atomic mass is 10.1. The zero-order chi connectivity index (χ0) is 15.5. The van der Waals surface area contributed by atoms with E-state index in [0.29, 0.717) is 10.6 Å². The normalized spacial score (nSPS) is 10.5. The van der Waals surface area contributed by atoms with E-state index in [-0.39, 0.29) is 5.69 Å². The Morgan fingerprint density at radius 2 is 1.86 bits per heavy atom. The van der Waals surface area contributed by atoms with Gasteiger partial charge in [0.05, 0.1) is 16.9 Å². The van der Waals surface area contributed by atoms with Crippen molar-refractivity contribution >= 4 is 22.9 Å². The number of thiazole rings is 1. The van der Waals surface area contributed by atoms with Gasteiger partial charge in [-0.25, -0.2) is 13.8 Å². The number of hydrogen-bond donors (Lipinski definition) is 1. The molecule has 6 heteroatoms. The van der Waals surface area contributed by atoms with Gasteiger partial charge in [0.25, 0.3) is 5.91 Å². The lowest BCUT2D eigenvalue weighted by Crippen LogP contribution is -2.12. The number of nitrogens with zero attached hydrogens (tertiary/aromatic N) is 1. The largest absolute Gasteiger partial charge is 0.319 e. The van der Waals surface area contributed by atoms with Crippen molar-refractivity contribution in [2.24, 2.45) is 0 Å². The lowest BCUT2D eigenvalue weighted by molar-refractivity contribution is 0.103. The molecule has 0 radical (unpaired) electrons. The summed E-state index contributed by atoms with van der Waals surface area (Å²) in [5, 5.41) is 2.38. The number of amides is 1. The third-order valence-electron chi connectivity index (χ3n) is 3.00. The van der Waals surface area contributed by atoms with Crippen LogP contribution in [-0.2, 0) is 0 Å². The van der Waals surface area contributed by atoms with Crippen molar-refractivity contribution in [2.75, 3.05) is 5.32 Å². The van der Waals surface area contributed by atoms with Gasteiger partial charge in [-0.05, 0) is 12.1 Å². The molecule has 0 bridgehead atoms. The SMILES string of the molecule is O=C(Nc1cc(F)ccc1F)c1scnc1-c1ccccc1. The summed E-state index contributed by atoms with van der Waals surface area (Å²) in [6.07, 6.45) is 0. The third kappa shape index (κ3) is 2.87. The quantitative estimate of drug-likeness (QED) is 0.781. The Kier molecular flexibility index (Phi) is 3.93. The van der Waals surface area contributed by atoms with Gasteiger partial charge in [-0.15, -0.1) is 11.3 Å². The molecule has 0 atom stereocenters. The molecule has 1 aromatic heterocycles. The Balaban J connectivity index is 1.91. The molecule has 0 saturated carbocycles. The van der Waals surface area contributed by atoms with E-state index in [9.17, 15) is 13.6 Å². The highest BCUT2D eigenvalue weighted by Gasteiger charge is 2.17. The van der Waals surface area contributed by atoms with Crippen LogP contribution in [0.5, 0.6) is 0 Å². The van der Waals surface area contributed by atoms with Crippen LogP contribution in [0.3, 0.4) is 0 Å². The zero-order valence-electron chi connectivity index (χ0n) is 11.2. The first-order valence-electron chi connectivity index (χ1n) is 6.40. The average Bonchev–Trinajstić information content (AvgIpc) is 3.01. The van der Waals surface area contributed by atoms with E-state index in [2.05, 4.69) is 10.3 Å². The Hall–Kier alpha value is -2.60. The molecule has 2 aromatic carbocycles. The molecule has 3 rings (SSSR count). The molecule has 0 aliphatic rings. The first-order valence-corrected chi connectivity index (χ1v) is 7.28. The summed E-state index contributed by atoms with van der Waals surface area (Å²) >= 11 is 1.14. The number of hydrogen-bond acceptors (Lipinski definition) is 3. The maximum atomic E-state index is 13.6. The predicted molar refractivity (Wildman–Crippen MR) is 81.9 cm³/mol. The van der Waals surface area contributed by atoms with Crippen molar-refractivity contribution in [2.45, 2.75) is 0 Å². The highest BCUT2D eigenvalue weighted by molar-refractivity contribution is 7.12. The molecule has 0 spiro atoms. The predicted octanol–water partition coefficient (Wildman–Crippen LogP) is 4.34. The van der Waals surface area contributed by atoms with Gasteiger partial charge < -0.3 is 5.32 Å². The minimum atomic E-state index is -0.694. The van der Waals surface area contributed by atoms with E-state index < -0.39 is 17.5 Å². The van der Waals surface area contributed by atoms with E-state index in [0.717, 1.165) is 35.1 Å². The van der Waals surface area contributed by atoms with E-state index in [1.54, 1.807) is 5.51 Å². The van der Waals surface area contributed by atoms with Crippen LogP contribution in [0.15, 0.2) is 54.0 Å². The van der Waals surface area contributed by atoms with Gasteiger partial charge in [0.15, 0.2) is 0 Å². The summed E-state index contributed by atoms with van der Waals surface area (Å²) in [6.45, 7) is 0. The molecule has 0 aliphatic heterocycles.